The first-order valence-electron chi connectivity index (χ1n) is 12.2. The minimum atomic E-state index is -4.26. The van der Waals surface area contributed by atoms with Crippen LogP contribution in [0.1, 0.15) is 35.3 Å². The molecule has 1 saturated heterocycles. The number of amides is 1. The third-order valence-electron chi connectivity index (χ3n) is 6.88. The number of benzene rings is 1. The van der Waals surface area contributed by atoms with Gasteiger partial charge in [0.15, 0.2) is 5.75 Å². The summed E-state index contributed by atoms with van der Waals surface area (Å²) in [7, 11) is 1.51. The number of pyridine rings is 1. The van der Waals surface area contributed by atoms with Gasteiger partial charge in [-0.15, -0.1) is 0 Å². The van der Waals surface area contributed by atoms with Crippen molar-refractivity contribution in [1.29, 1.82) is 0 Å². The monoisotopic (exact) mass is 549 g/mol. The van der Waals surface area contributed by atoms with Crippen molar-refractivity contribution in [2.75, 3.05) is 38.7 Å². The fraction of sp³-hybridized carbons (Fsp3) is 0.385. The lowest BCUT2D eigenvalue weighted by Gasteiger charge is -2.40. The number of anilines is 2. The summed E-state index contributed by atoms with van der Waals surface area (Å²) in [6.45, 7) is 1.96. The quantitative estimate of drug-likeness (QED) is 0.351. The molecule has 0 aliphatic carbocycles. The van der Waals surface area contributed by atoms with Gasteiger partial charge in [-0.1, -0.05) is 24.6 Å². The molecule has 2 unspecified atom stereocenters. The number of nitrogens with one attached hydrogen (secondary N) is 3. The van der Waals surface area contributed by atoms with Crippen LogP contribution in [0.3, 0.4) is 0 Å². The lowest BCUT2D eigenvalue weighted by Crippen LogP contribution is -2.54. The van der Waals surface area contributed by atoms with Gasteiger partial charge in [0.05, 0.1) is 47.5 Å². The van der Waals surface area contributed by atoms with E-state index in [1.54, 1.807) is 30.5 Å². The number of hydrogen-bond donors (Lipinski definition) is 3. The Balaban J connectivity index is 1.52. The van der Waals surface area contributed by atoms with Crippen LogP contribution in [0.15, 0.2) is 36.7 Å². The maximum atomic E-state index is 13.0. The van der Waals surface area contributed by atoms with Crippen LogP contribution in [0.5, 0.6) is 11.5 Å². The van der Waals surface area contributed by atoms with Gasteiger partial charge in [0.1, 0.15) is 12.4 Å². The van der Waals surface area contributed by atoms with Gasteiger partial charge in [-0.2, -0.15) is 13.2 Å². The topological polar surface area (TPSA) is 91.5 Å². The third kappa shape index (κ3) is 5.12. The molecule has 0 bridgehead atoms. The van der Waals surface area contributed by atoms with Gasteiger partial charge in [0.2, 0.25) is 0 Å². The zero-order valence-electron chi connectivity index (χ0n) is 20.8. The van der Waals surface area contributed by atoms with E-state index < -0.39 is 12.7 Å². The second-order valence-corrected chi connectivity index (χ2v) is 9.84. The Hall–Kier alpha value is -3.44. The van der Waals surface area contributed by atoms with Crippen LogP contribution in [-0.2, 0) is 0 Å². The van der Waals surface area contributed by atoms with Crippen molar-refractivity contribution in [1.82, 2.24) is 20.2 Å². The molecule has 2 aliphatic heterocycles. The Bertz CT molecular complexity index is 1350. The summed E-state index contributed by atoms with van der Waals surface area (Å²) in [5.41, 5.74) is 3.47. The number of halogens is 4. The number of ether oxygens (including phenoxy) is 2. The Morgan fingerprint density at radius 1 is 1.29 bits per heavy atom. The molecule has 0 radical (unpaired) electrons. The van der Waals surface area contributed by atoms with E-state index in [1.807, 2.05) is 6.92 Å². The minimum absolute atomic E-state index is 0.00960. The molecule has 0 saturated carbocycles. The number of H-pyrrole nitrogens is 1. The predicted octanol–water partition coefficient (Wildman–Crippen LogP) is 5.34. The van der Waals surface area contributed by atoms with Crippen LogP contribution < -0.4 is 20.1 Å². The zero-order chi connectivity index (χ0) is 27.0. The lowest BCUT2D eigenvalue weighted by atomic mass is 9.98. The van der Waals surface area contributed by atoms with Crippen LogP contribution >= 0.6 is 11.6 Å². The fourth-order valence-corrected chi connectivity index (χ4v) is 5.10. The van der Waals surface area contributed by atoms with E-state index in [4.69, 9.17) is 21.1 Å². The highest BCUT2D eigenvalue weighted by Gasteiger charge is 2.39. The molecule has 5 rings (SSSR count). The van der Waals surface area contributed by atoms with Gasteiger partial charge in [-0.25, -0.2) is 0 Å². The number of likely N-dealkylation sites (tertiary alicyclic amines) is 1. The molecule has 1 fully saturated rings. The van der Waals surface area contributed by atoms with Crippen LogP contribution in [0.2, 0.25) is 5.02 Å². The summed E-state index contributed by atoms with van der Waals surface area (Å²) in [6, 6.07) is 6.64. The van der Waals surface area contributed by atoms with E-state index in [0.717, 1.165) is 5.69 Å². The first kappa shape index (κ1) is 26.2. The van der Waals surface area contributed by atoms with Crippen LogP contribution in [0.25, 0.3) is 11.3 Å². The second-order valence-electron chi connectivity index (χ2n) is 9.43. The molecule has 202 valence electrons. The standard InChI is InChI=1S/C26H27ClF3N5O3/c1-14-10-32-25(36)20-21(14)34-22(23(20)33-18-5-3-4-17(27)24(18)37-2)16-6-8-31-11-19(16)38-12-15-7-9-35(15)13-26(28,29)30/h3-6,8,11,14-15,33-34H,7,9-10,12-13H2,1-2H3,(H,32,36). The fourth-order valence-electron chi connectivity index (χ4n) is 4.85. The molecular formula is C26H27ClF3N5O3. The molecule has 3 N–H and O–H groups in total. The van der Waals surface area contributed by atoms with Crippen molar-refractivity contribution in [2.24, 2.45) is 0 Å². The number of aromatic amines is 1. The number of carbonyl (C=O) groups is 1. The summed E-state index contributed by atoms with van der Waals surface area (Å²) in [6.07, 6.45) is -0.536. The Morgan fingerprint density at radius 2 is 2.11 bits per heavy atom. The maximum absolute atomic E-state index is 13.0. The number of rotatable bonds is 8. The van der Waals surface area contributed by atoms with Gasteiger partial charge in [-0.3, -0.25) is 14.7 Å². The zero-order valence-corrected chi connectivity index (χ0v) is 21.5. The van der Waals surface area contributed by atoms with Crippen LogP contribution in [0, 0.1) is 0 Å². The molecule has 1 aromatic carbocycles. The molecule has 4 heterocycles. The summed E-state index contributed by atoms with van der Waals surface area (Å²) >= 11 is 6.33. The number of hydrogen-bond acceptors (Lipinski definition) is 6. The first-order chi connectivity index (χ1) is 18.2. The maximum Gasteiger partial charge on any atom is 0.401 e. The van der Waals surface area contributed by atoms with Gasteiger partial charge in [0.25, 0.3) is 5.91 Å². The van der Waals surface area contributed by atoms with Gasteiger partial charge < -0.3 is 25.1 Å². The van der Waals surface area contributed by atoms with Crippen molar-refractivity contribution in [3.05, 3.63) is 52.9 Å². The number of aromatic nitrogens is 2. The Labute approximate surface area is 222 Å². The highest BCUT2D eigenvalue weighted by Crippen LogP contribution is 2.44. The Morgan fingerprint density at radius 3 is 2.82 bits per heavy atom. The van der Waals surface area contributed by atoms with E-state index in [1.165, 1.54) is 18.2 Å². The normalized spacial score (nSPS) is 19.4. The van der Waals surface area contributed by atoms with E-state index in [9.17, 15) is 18.0 Å². The summed E-state index contributed by atoms with van der Waals surface area (Å²) in [5.74, 6) is 0.577. The van der Waals surface area contributed by atoms with E-state index in [2.05, 4.69) is 20.6 Å². The largest absolute Gasteiger partial charge is 0.493 e. The van der Waals surface area contributed by atoms with Crippen molar-refractivity contribution in [3.63, 3.8) is 0 Å². The van der Waals surface area contributed by atoms with Crippen LogP contribution in [0.4, 0.5) is 24.5 Å². The molecule has 0 spiro atoms. The van der Waals surface area contributed by atoms with Crippen molar-refractivity contribution >= 4 is 28.9 Å². The molecule has 8 nitrogen and oxygen atoms in total. The average molecular weight is 550 g/mol. The summed E-state index contributed by atoms with van der Waals surface area (Å²) in [5, 5.41) is 6.64. The number of methoxy groups -OCH3 is 1. The number of para-hydroxylation sites is 1. The highest BCUT2D eigenvalue weighted by atomic mass is 35.5. The lowest BCUT2D eigenvalue weighted by molar-refractivity contribution is -0.163. The van der Waals surface area contributed by atoms with E-state index in [-0.39, 0.29) is 24.5 Å². The molecular weight excluding hydrogens is 523 g/mol. The minimum Gasteiger partial charge on any atom is -0.493 e. The number of nitrogens with zero attached hydrogens (tertiary/aromatic N) is 2. The number of fused-ring (bicyclic) bond motifs is 1. The van der Waals surface area contributed by atoms with Gasteiger partial charge in [0, 0.05) is 42.5 Å². The van der Waals surface area contributed by atoms with Crippen molar-refractivity contribution in [2.45, 2.75) is 31.5 Å². The van der Waals surface area contributed by atoms with E-state index in [0.29, 0.717) is 64.2 Å². The Kier molecular flexibility index (Phi) is 7.15. The SMILES string of the molecule is COc1c(Cl)cccc1Nc1c(-c2ccncc2OCC2CCN2CC(F)(F)F)[nH]c2c1C(=O)NCC2C. The highest BCUT2D eigenvalue weighted by molar-refractivity contribution is 6.32. The summed E-state index contributed by atoms with van der Waals surface area (Å²) < 4.78 is 50.1. The summed E-state index contributed by atoms with van der Waals surface area (Å²) in [4.78, 5) is 22.0. The molecule has 1 amide bonds. The first-order valence-corrected chi connectivity index (χ1v) is 12.6. The molecule has 2 aliphatic rings. The molecule has 2 atom stereocenters. The number of carbonyl (C=O) groups excluding carboxylic acids is 1. The third-order valence-corrected chi connectivity index (χ3v) is 7.18. The van der Waals surface area contributed by atoms with Crippen molar-refractivity contribution < 1.29 is 27.4 Å². The molecule has 12 heteroatoms. The van der Waals surface area contributed by atoms with E-state index >= 15 is 0 Å². The van der Waals surface area contributed by atoms with Crippen LogP contribution in [-0.4, -0.2) is 66.3 Å². The van der Waals surface area contributed by atoms with Gasteiger partial charge in [-0.05, 0) is 24.6 Å². The predicted molar refractivity (Wildman–Crippen MR) is 138 cm³/mol. The van der Waals surface area contributed by atoms with Gasteiger partial charge >= 0.3 is 6.18 Å². The average Bonchev–Trinajstić information content (AvgIpc) is 3.24. The second kappa shape index (κ2) is 10.4. The van der Waals surface area contributed by atoms with Crippen molar-refractivity contribution in [3.8, 4) is 22.8 Å². The molecule has 38 heavy (non-hydrogen) atoms. The number of alkyl halides is 3. The molecule has 2 aromatic heterocycles. The molecule has 3 aromatic rings. The smallest absolute Gasteiger partial charge is 0.401 e.